The molecule has 4 rings (SSSR count). The number of nitrogens with one attached hydrogen (secondary N) is 1. The van der Waals surface area contributed by atoms with Crippen molar-refractivity contribution in [3.63, 3.8) is 0 Å². The SMILES string of the molecule is COc1ccc(-c2ccc(C(=O)N3CCN(Cc4cc(OC)c(OC)c(OC)c4)CC3)c(=O)[nH]2)cc1OC. The molecule has 3 aromatic rings. The predicted octanol–water partition coefficient (Wildman–Crippen LogP) is 3.04. The van der Waals surface area contributed by atoms with Crippen molar-refractivity contribution in [2.45, 2.75) is 6.54 Å². The number of hydrogen-bond acceptors (Lipinski definition) is 8. The smallest absolute Gasteiger partial charge is 0.261 e. The lowest BCUT2D eigenvalue weighted by atomic mass is 10.1. The van der Waals surface area contributed by atoms with E-state index < -0.39 is 5.56 Å². The summed E-state index contributed by atoms with van der Waals surface area (Å²) < 4.78 is 26.9. The van der Waals surface area contributed by atoms with Crippen LogP contribution < -0.4 is 29.2 Å². The Morgan fingerprint density at radius 1 is 0.763 bits per heavy atom. The lowest BCUT2D eigenvalue weighted by molar-refractivity contribution is 0.0626. The molecule has 0 spiro atoms. The summed E-state index contributed by atoms with van der Waals surface area (Å²) in [6.45, 7) is 3.04. The van der Waals surface area contributed by atoms with Gasteiger partial charge in [0.15, 0.2) is 23.0 Å². The van der Waals surface area contributed by atoms with Crippen molar-refractivity contribution in [2.24, 2.45) is 0 Å². The number of benzene rings is 2. The van der Waals surface area contributed by atoms with Crippen molar-refractivity contribution in [2.75, 3.05) is 61.7 Å². The van der Waals surface area contributed by atoms with Gasteiger partial charge in [-0.15, -0.1) is 0 Å². The molecule has 2 heterocycles. The minimum Gasteiger partial charge on any atom is -0.493 e. The molecule has 0 radical (unpaired) electrons. The van der Waals surface area contributed by atoms with E-state index in [9.17, 15) is 9.59 Å². The van der Waals surface area contributed by atoms with Crippen molar-refractivity contribution >= 4 is 5.91 Å². The Hall–Kier alpha value is -4.18. The van der Waals surface area contributed by atoms with Crippen LogP contribution in [-0.2, 0) is 6.54 Å². The number of aromatic nitrogens is 1. The minimum atomic E-state index is -0.429. The van der Waals surface area contributed by atoms with Gasteiger partial charge in [0.2, 0.25) is 5.75 Å². The first kappa shape index (κ1) is 26.9. The summed E-state index contributed by atoms with van der Waals surface area (Å²) in [6, 6.07) is 12.5. The highest BCUT2D eigenvalue weighted by molar-refractivity contribution is 5.94. The molecule has 1 amide bonds. The maximum atomic E-state index is 13.2. The Kier molecular flexibility index (Phi) is 8.42. The largest absolute Gasteiger partial charge is 0.493 e. The van der Waals surface area contributed by atoms with Gasteiger partial charge in [-0.1, -0.05) is 0 Å². The van der Waals surface area contributed by atoms with E-state index in [0.29, 0.717) is 67.2 Å². The van der Waals surface area contributed by atoms with E-state index in [-0.39, 0.29) is 11.5 Å². The summed E-state index contributed by atoms with van der Waals surface area (Å²) in [7, 11) is 7.87. The first-order chi connectivity index (χ1) is 18.4. The fourth-order valence-corrected chi connectivity index (χ4v) is 4.58. The molecule has 1 aliphatic heterocycles. The molecule has 10 heteroatoms. The molecule has 0 bridgehead atoms. The molecule has 1 fully saturated rings. The Morgan fingerprint density at radius 2 is 1.39 bits per heavy atom. The number of ether oxygens (including phenoxy) is 5. The Labute approximate surface area is 221 Å². The molecule has 202 valence electrons. The van der Waals surface area contributed by atoms with E-state index >= 15 is 0 Å². The van der Waals surface area contributed by atoms with E-state index in [2.05, 4.69) is 9.88 Å². The van der Waals surface area contributed by atoms with Crippen LogP contribution in [0.5, 0.6) is 28.7 Å². The highest BCUT2D eigenvalue weighted by Crippen LogP contribution is 2.38. The van der Waals surface area contributed by atoms with Crippen LogP contribution in [0, 0.1) is 0 Å². The second kappa shape index (κ2) is 11.9. The van der Waals surface area contributed by atoms with E-state index in [1.165, 1.54) is 0 Å². The topological polar surface area (TPSA) is 103 Å². The monoisotopic (exact) mass is 523 g/mol. The quantitative estimate of drug-likeness (QED) is 0.457. The minimum absolute atomic E-state index is 0.118. The zero-order valence-corrected chi connectivity index (χ0v) is 22.3. The van der Waals surface area contributed by atoms with Crippen LogP contribution >= 0.6 is 0 Å². The fourth-order valence-electron chi connectivity index (χ4n) is 4.58. The van der Waals surface area contributed by atoms with Gasteiger partial charge in [0.1, 0.15) is 5.56 Å². The van der Waals surface area contributed by atoms with E-state index in [4.69, 9.17) is 23.7 Å². The molecule has 0 saturated carbocycles. The van der Waals surface area contributed by atoms with Crippen LogP contribution in [0.1, 0.15) is 15.9 Å². The van der Waals surface area contributed by atoms with Gasteiger partial charge < -0.3 is 33.6 Å². The summed E-state index contributed by atoms with van der Waals surface area (Å²) in [5.74, 6) is 2.62. The highest BCUT2D eigenvalue weighted by atomic mass is 16.5. The van der Waals surface area contributed by atoms with E-state index in [0.717, 1.165) is 11.1 Å². The van der Waals surface area contributed by atoms with Gasteiger partial charge in [-0.05, 0) is 48.0 Å². The Morgan fingerprint density at radius 3 is 1.95 bits per heavy atom. The zero-order chi connectivity index (χ0) is 27.2. The predicted molar refractivity (Wildman–Crippen MR) is 143 cm³/mol. The molecule has 0 unspecified atom stereocenters. The normalized spacial score (nSPS) is 13.7. The average molecular weight is 524 g/mol. The highest BCUT2D eigenvalue weighted by Gasteiger charge is 2.25. The standard InChI is InChI=1S/C28H33N3O7/c1-34-22-9-6-19(16-23(22)35-2)21-8-7-20(27(32)29-21)28(33)31-12-10-30(11-13-31)17-18-14-24(36-3)26(38-5)25(15-18)37-4/h6-9,14-16H,10-13,17H2,1-5H3,(H,29,32). The molecule has 10 nitrogen and oxygen atoms in total. The maximum Gasteiger partial charge on any atom is 0.261 e. The molecule has 0 atom stereocenters. The third-order valence-corrected chi connectivity index (χ3v) is 6.62. The molecule has 1 saturated heterocycles. The van der Waals surface area contributed by atoms with E-state index in [1.807, 2.05) is 18.2 Å². The molecule has 0 aliphatic carbocycles. The average Bonchev–Trinajstić information content (AvgIpc) is 2.96. The first-order valence-electron chi connectivity index (χ1n) is 12.2. The lowest BCUT2D eigenvalue weighted by Crippen LogP contribution is -2.49. The molecule has 1 N–H and O–H groups in total. The maximum absolute atomic E-state index is 13.2. The Balaban J connectivity index is 1.42. The van der Waals surface area contributed by atoms with Gasteiger partial charge in [-0.3, -0.25) is 14.5 Å². The number of rotatable bonds is 9. The summed E-state index contributed by atoms with van der Waals surface area (Å²) in [5, 5.41) is 0. The number of amides is 1. The van der Waals surface area contributed by atoms with Gasteiger partial charge >= 0.3 is 0 Å². The summed E-state index contributed by atoms with van der Waals surface area (Å²) in [4.78, 5) is 32.8. The molecule has 1 aliphatic rings. The van der Waals surface area contributed by atoms with Gasteiger partial charge in [0.25, 0.3) is 11.5 Å². The van der Waals surface area contributed by atoms with Crippen molar-refractivity contribution in [3.05, 3.63) is 63.9 Å². The molecule has 2 aromatic carbocycles. The molecular weight excluding hydrogens is 490 g/mol. The van der Waals surface area contributed by atoms with Crippen molar-refractivity contribution < 1.29 is 28.5 Å². The van der Waals surface area contributed by atoms with Gasteiger partial charge in [0, 0.05) is 44.0 Å². The first-order valence-corrected chi connectivity index (χ1v) is 12.2. The van der Waals surface area contributed by atoms with E-state index in [1.54, 1.807) is 64.7 Å². The second-order valence-corrected chi connectivity index (χ2v) is 8.79. The third kappa shape index (κ3) is 5.55. The van der Waals surface area contributed by atoms with Gasteiger partial charge in [0.05, 0.1) is 35.5 Å². The number of methoxy groups -OCH3 is 5. The van der Waals surface area contributed by atoms with Gasteiger partial charge in [-0.25, -0.2) is 0 Å². The van der Waals surface area contributed by atoms with Crippen molar-refractivity contribution in [1.29, 1.82) is 0 Å². The van der Waals surface area contributed by atoms with Crippen molar-refractivity contribution in [1.82, 2.24) is 14.8 Å². The third-order valence-electron chi connectivity index (χ3n) is 6.62. The Bertz CT molecular complexity index is 1320. The number of hydrogen-bond donors (Lipinski definition) is 1. The van der Waals surface area contributed by atoms with Crippen LogP contribution in [0.15, 0.2) is 47.3 Å². The zero-order valence-electron chi connectivity index (χ0n) is 22.3. The second-order valence-electron chi connectivity index (χ2n) is 8.79. The number of piperazine rings is 1. The summed E-state index contributed by atoms with van der Waals surface area (Å²) >= 11 is 0. The number of nitrogens with zero attached hydrogens (tertiary/aromatic N) is 2. The number of H-pyrrole nitrogens is 1. The van der Waals surface area contributed by atoms with Crippen LogP contribution in [0.25, 0.3) is 11.3 Å². The van der Waals surface area contributed by atoms with Crippen LogP contribution in [0.3, 0.4) is 0 Å². The number of carbonyl (C=O) groups is 1. The molecule has 38 heavy (non-hydrogen) atoms. The number of aromatic amines is 1. The fraction of sp³-hybridized carbons (Fsp3) is 0.357. The summed E-state index contributed by atoms with van der Waals surface area (Å²) in [6.07, 6.45) is 0. The summed E-state index contributed by atoms with van der Waals surface area (Å²) in [5.41, 5.74) is 2.04. The van der Waals surface area contributed by atoms with Crippen molar-refractivity contribution in [3.8, 4) is 40.0 Å². The van der Waals surface area contributed by atoms with Crippen LogP contribution in [0.2, 0.25) is 0 Å². The number of pyridine rings is 1. The molecular formula is C28H33N3O7. The number of carbonyl (C=O) groups excluding carboxylic acids is 1. The van der Waals surface area contributed by atoms with Gasteiger partial charge in [-0.2, -0.15) is 0 Å². The molecule has 1 aromatic heterocycles. The van der Waals surface area contributed by atoms with Crippen LogP contribution in [-0.4, -0.2) is 82.4 Å². The van der Waals surface area contributed by atoms with Crippen LogP contribution in [0.4, 0.5) is 0 Å². The lowest BCUT2D eigenvalue weighted by Gasteiger charge is -2.34.